The Kier molecular flexibility index (Phi) is 11.4. The van der Waals surface area contributed by atoms with Crippen LogP contribution >= 0.6 is 0 Å². The van der Waals surface area contributed by atoms with Crippen LogP contribution in [0.4, 0.5) is 21.0 Å². The molecule has 0 spiro atoms. The minimum atomic E-state index is -3.92. The molecule has 15 nitrogen and oxygen atoms in total. The highest BCUT2D eigenvalue weighted by Crippen LogP contribution is 2.45. The SMILES string of the molecule is C=CC1CC1(NC(=O)C1CC(OC(=O)Nc2ccccc2N2CCCCC2)CN1C(=O)C(NC(=O)OC(C)(C)C)C(C)(C)C)C(=O)NS(=O)(=O)C1CC1. The van der Waals surface area contributed by atoms with Gasteiger partial charge in [0.25, 0.3) is 5.91 Å². The fraction of sp³-hybridized carbons (Fsp3) is 0.649. The number of carbonyl (C=O) groups is 5. The van der Waals surface area contributed by atoms with Crippen molar-refractivity contribution in [1.82, 2.24) is 20.3 Å². The molecule has 2 heterocycles. The normalized spacial score (nSPS) is 25.1. The summed E-state index contributed by atoms with van der Waals surface area (Å²) in [5, 5.41) is 7.56. The summed E-state index contributed by atoms with van der Waals surface area (Å²) in [6, 6.07) is 4.99. The first kappa shape index (κ1) is 39.9. The number of carbonyl (C=O) groups excluding carboxylic acids is 5. The van der Waals surface area contributed by atoms with Gasteiger partial charge in [0.2, 0.25) is 21.8 Å². The van der Waals surface area contributed by atoms with Crippen LogP contribution in [-0.4, -0.2) is 97.4 Å². The molecule has 5 atom stereocenters. The molecule has 0 bridgehead atoms. The third kappa shape index (κ3) is 9.61. The third-order valence-corrected chi connectivity index (χ3v) is 11.8. The molecule has 1 aromatic rings. The molecule has 4 N–H and O–H groups in total. The van der Waals surface area contributed by atoms with Gasteiger partial charge in [0.15, 0.2) is 0 Å². The van der Waals surface area contributed by atoms with Crippen LogP contribution in [0.5, 0.6) is 0 Å². The maximum Gasteiger partial charge on any atom is 0.412 e. The number of sulfonamides is 1. The second-order valence-electron chi connectivity index (χ2n) is 16.6. The molecule has 16 heteroatoms. The summed E-state index contributed by atoms with van der Waals surface area (Å²) in [5.41, 5.74) is -1.88. The predicted molar refractivity (Wildman–Crippen MR) is 198 cm³/mol. The Morgan fingerprint density at radius 2 is 1.64 bits per heavy atom. The molecule has 2 aliphatic carbocycles. The van der Waals surface area contributed by atoms with E-state index in [-0.39, 0.29) is 19.4 Å². The molecule has 292 valence electrons. The lowest BCUT2D eigenvalue weighted by atomic mass is 9.85. The number of alkyl carbamates (subject to hydrolysis) is 1. The second-order valence-corrected chi connectivity index (χ2v) is 18.5. The number of hydrogen-bond acceptors (Lipinski definition) is 10. The Balaban J connectivity index is 1.38. The zero-order valence-corrected chi connectivity index (χ0v) is 32.3. The fourth-order valence-corrected chi connectivity index (χ4v) is 8.28. The second kappa shape index (κ2) is 15.2. The molecule has 5 unspecified atom stereocenters. The van der Waals surface area contributed by atoms with Crippen molar-refractivity contribution in [2.45, 2.75) is 121 Å². The number of amides is 5. The molecule has 4 aliphatic rings. The molecule has 2 aliphatic heterocycles. The van der Waals surface area contributed by atoms with Gasteiger partial charge in [0.1, 0.15) is 29.3 Å². The van der Waals surface area contributed by atoms with Gasteiger partial charge >= 0.3 is 12.2 Å². The summed E-state index contributed by atoms with van der Waals surface area (Å²) in [6.07, 6.45) is 3.01. The summed E-state index contributed by atoms with van der Waals surface area (Å²) < 4.78 is 38.7. The van der Waals surface area contributed by atoms with E-state index >= 15 is 0 Å². The average molecular weight is 759 g/mol. The highest BCUT2D eigenvalue weighted by atomic mass is 32.2. The van der Waals surface area contributed by atoms with Gasteiger partial charge in [-0.1, -0.05) is 39.0 Å². The van der Waals surface area contributed by atoms with Crippen molar-refractivity contribution in [2.24, 2.45) is 11.3 Å². The predicted octanol–water partition coefficient (Wildman–Crippen LogP) is 3.80. The van der Waals surface area contributed by atoms with E-state index < -0.39 is 85.8 Å². The van der Waals surface area contributed by atoms with Crippen LogP contribution in [0.25, 0.3) is 0 Å². The Morgan fingerprint density at radius 3 is 2.23 bits per heavy atom. The van der Waals surface area contributed by atoms with E-state index in [2.05, 4.69) is 32.2 Å². The largest absolute Gasteiger partial charge is 0.444 e. The van der Waals surface area contributed by atoms with Crippen molar-refractivity contribution >= 4 is 51.3 Å². The van der Waals surface area contributed by atoms with Crippen LogP contribution in [0, 0.1) is 11.3 Å². The zero-order chi connectivity index (χ0) is 38.9. The lowest BCUT2D eigenvalue weighted by molar-refractivity contribution is -0.143. The monoisotopic (exact) mass is 758 g/mol. The summed E-state index contributed by atoms with van der Waals surface area (Å²) in [5.74, 6) is -2.80. The molecule has 1 aromatic carbocycles. The number of ether oxygens (including phenoxy) is 2. The molecule has 53 heavy (non-hydrogen) atoms. The third-order valence-electron chi connectivity index (χ3n) is 9.98. The minimum Gasteiger partial charge on any atom is -0.444 e. The van der Waals surface area contributed by atoms with E-state index in [9.17, 15) is 32.4 Å². The van der Waals surface area contributed by atoms with E-state index in [0.29, 0.717) is 18.5 Å². The van der Waals surface area contributed by atoms with Crippen molar-refractivity contribution in [1.29, 1.82) is 0 Å². The quantitative estimate of drug-likeness (QED) is 0.241. The van der Waals surface area contributed by atoms with Gasteiger partial charge in [-0.15, -0.1) is 6.58 Å². The van der Waals surface area contributed by atoms with E-state index in [1.54, 1.807) is 53.7 Å². The first-order chi connectivity index (χ1) is 24.7. The van der Waals surface area contributed by atoms with Crippen LogP contribution in [0.3, 0.4) is 0 Å². The van der Waals surface area contributed by atoms with Crippen LogP contribution in [0.15, 0.2) is 36.9 Å². The lowest BCUT2D eigenvalue weighted by Gasteiger charge is -2.36. The summed E-state index contributed by atoms with van der Waals surface area (Å²) in [7, 11) is -3.92. The topological polar surface area (TPSA) is 193 Å². The van der Waals surface area contributed by atoms with Gasteiger partial charge in [0.05, 0.1) is 23.2 Å². The molecular formula is C37H54N6O9S. The Bertz CT molecular complexity index is 1710. The number of para-hydroxylation sites is 2. The standard InChI is InChI=1S/C37H54N6O9S/c1-8-23-21-37(23,32(46)41-53(49,50)25-16-17-25)40-30(44)28-20-24(22-43(28)31(45)29(35(2,3)4)39-34(48)52-36(5,6)7)51-33(47)38-26-14-10-11-15-27(26)42-18-12-9-13-19-42/h8,10-11,14-15,23-25,28-29H,1,9,12-13,16-22H2,2-7H3,(H,38,47)(H,39,48)(H,40,44)(H,41,46). The summed E-state index contributed by atoms with van der Waals surface area (Å²) in [6.45, 7) is 15.6. The summed E-state index contributed by atoms with van der Waals surface area (Å²) >= 11 is 0. The molecule has 0 radical (unpaired) electrons. The lowest BCUT2D eigenvalue weighted by Crippen LogP contribution is -2.60. The molecule has 2 saturated carbocycles. The van der Waals surface area contributed by atoms with Crippen LogP contribution in [0.1, 0.15) is 86.5 Å². The van der Waals surface area contributed by atoms with E-state index in [1.165, 1.54) is 11.0 Å². The summed E-state index contributed by atoms with van der Waals surface area (Å²) in [4.78, 5) is 71.7. The number of hydrogen-bond donors (Lipinski definition) is 4. The van der Waals surface area contributed by atoms with Crippen LogP contribution in [-0.2, 0) is 33.9 Å². The van der Waals surface area contributed by atoms with Crippen molar-refractivity contribution < 1.29 is 41.9 Å². The Morgan fingerprint density at radius 1 is 0.981 bits per heavy atom. The average Bonchev–Trinajstić information content (AvgIpc) is 3.99. The number of likely N-dealkylation sites (tertiary alicyclic amines) is 1. The molecule has 5 amide bonds. The number of piperidine rings is 1. The highest BCUT2D eigenvalue weighted by molar-refractivity contribution is 7.91. The van der Waals surface area contributed by atoms with Gasteiger partial charge in [0, 0.05) is 25.4 Å². The minimum absolute atomic E-state index is 0.110. The molecule has 0 aromatic heterocycles. The smallest absolute Gasteiger partial charge is 0.412 e. The van der Waals surface area contributed by atoms with Crippen molar-refractivity contribution in [3.63, 3.8) is 0 Å². The van der Waals surface area contributed by atoms with E-state index in [4.69, 9.17) is 9.47 Å². The molecule has 5 rings (SSSR count). The van der Waals surface area contributed by atoms with E-state index in [1.807, 2.05) is 12.1 Å². The van der Waals surface area contributed by atoms with Crippen LogP contribution in [0.2, 0.25) is 0 Å². The molecular weight excluding hydrogens is 705 g/mol. The number of nitrogens with zero attached hydrogens (tertiary/aromatic N) is 2. The number of anilines is 2. The van der Waals surface area contributed by atoms with Crippen molar-refractivity contribution in [3.05, 3.63) is 36.9 Å². The zero-order valence-electron chi connectivity index (χ0n) is 31.5. The fourth-order valence-electron chi connectivity index (χ4n) is 6.91. The first-order valence-corrected chi connectivity index (χ1v) is 19.9. The van der Waals surface area contributed by atoms with Gasteiger partial charge in [-0.25, -0.2) is 18.0 Å². The first-order valence-electron chi connectivity index (χ1n) is 18.4. The van der Waals surface area contributed by atoms with Crippen molar-refractivity contribution in [2.75, 3.05) is 29.9 Å². The van der Waals surface area contributed by atoms with Gasteiger partial charge in [-0.2, -0.15) is 0 Å². The van der Waals surface area contributed by atoms with Crippen molar-refractivity contribution in [3.8, 4) is 0 Å². The molecule has 2 saturated heterocycles. The Hall–Kier alpha value is -4.34. The number of rotatable bonds is 11. The van der Waals surface area contributed by atoms with E-state index in [0.717, 1.165) is 38.0 Å². The Labute approximate surface area is 312 Å². The van der Waals surface area contributed by atoms with Gasteiger partial charge < -0.3 is 29.9 Å². The maximum absolute atomic E-state index is 14.4. The van der Waals surface area contributed by atoms with Gasteiger partial charge in [-0.3, -0.25) is 24.4 Å². The number of nitrogens with one attached hydrogen (secondary N) is 4. The number of benzene rings is 1. The highest BCUT2D eigenvalue weighted by Gasteiger charge is 2.62. The molecule has 4 fully saturated rings. The maximum atomic E-state index is 14.4. The van der Waals surface area contributed by atoms with Gasteiger partial charge in [-0.05, 0) is 76.8 Å². The van der Waals surface area contributed by atoms with Crippen LogP contribution < -0.4 is 25.6 Å².